The second-order valence-corrected chi connectivity index (χ2v) is 7.18. The molecule has 0 aromatic heterocycles. The first-order valence-electron chi connectivity index (χ1n) is 8.57. The highest BCUT2D eigenvalue weighted by molar-refractivity contribution is 7.89. The smallest absolute Gasteiger partial charge is 0.245 e. The largest absolute Gasteiger partial charge is 0.492 e. The van der Waals surface area contributed by atoms with Crippen LogP contribution < -0.4 is 14.2 Å². The van der Waals surface area contributed by atoms with E-state index in [9.17, 15) is 8.42 Å². The third kappa shape index (κ3) is 6.17. The molecule has 0 heterocycles. The van der Waals surface area contributed by atoms with Gasteiger partial charge in [-0.2, -0.15) is 4.72 Å². The van der Waals surface area contributed by atoms with Crippen LogP contribution in [0.2, 0.25) is 0 Å². The van der Waals surface area contributed by atoms with Crippen LogP contribution in [0.15, 0.2) is 66.1 Å². The maximum atomic E-state index is 12.4. The van der Waals surface area contributed by atoms with Gasteiger partial charge in [-0.15, -0.1) is 6.58 Å². The molecule has 2 aromatic carbocycles. The predicted molar refractivity (Wildman–Crippen MR) is 106 cm³/mol. The van der Waals surface area contributed by atoms with Crippen molar-refractivity contribution in [2.75, 3.05) is 19.8 Å². The molecule has 6 heteroatoms. The predicted octanol–water partition coefficient (Wildman–Crippen LogP) is 3.17. The summed E-state index contributed by atoms with van der Waals surface area (Å²) in [4.78, 5) is 0.100. The minimum absolute atomic E-state index is 0.0134. The molecule has 1 N–H and O–H groups in total. The van der Waals surface area contributed by atoms with Gasteiger partial charge in [-0.05, 0) is 37.1 Å². The Bertz CT molecular complexity index is 926. The molecular weight excluding hydrogens is 362 g/mol. The molecule has 27 heavy (non-hydrogen) atoms. The Kier molecular flexibility index (Phi) is 7.93. The number of hydrogen-bond donors (Lipinski definition) is 1. The van der Waals surface area contributed by atoms with E-state index in [4.69, 9.17) is 9.47 Å². The Labute approximate surface area is 161 Å². The number of para-hydroxylation sites is 2. The molecule has 5 nitrogen and oxygen atoms in total. The number of ether oxygens (including phenoxy) is 2. The minimum atomic E-state index is -3.70. The molecular formula is C21H23NO4S. The van der Waals surface area contributed by atoms with Gasteiger partial charge in [-0.3, -0.25) is 0 Å². The van der Waals surface area contributed by atoms with E-state index < -0.39 is 10.0 Å². The van der Waals surface area contributed by atoms with E-state index in [0.29, 0.717) is 18.8 Å². The van der Waals surface area contributed by atoms with Gasteiger partial charge in [0.15, 0.2) is 0 Å². The van der Waals surface area contributed by atoms with Gasteiger partial charge >= 0.3 is 0 Å². The van der Waals surface area contributed by atoms with Gasteiger partial charge in [0.1, 0.15) is 23.0 Å². The summed E-state index contributed by atoms with van der Waals surface area (Å²) in [6.07, 6.45) is 2.52. The standard InChI is InChI=1S/C21H23NO4S/c1-3-11-18-12-5-6-13-19(18)26-17-10-9-16-22-27(23,24)21-15-8-7-14-20(21)25-4-2/h3,5-8,12-15,22H,1,4,11,16-17H2,2H3. The normalized spacial score (nSPS) is 10.6. The zero-order valence-corrected chi connectivity index (χ0v) is 16.1. The molecule has 0 bridgehead atoms. The number of sulfonamides is 1. The summed E-state index contributed by atoms with van der Waals surface area (Å²) in [6, 6.07) is 14.2. The van der Waals surface area contributed by atoms with Crippen LogP contribution in [0.1, 0.15) is 12.5 Å². The van der Waals surface area contributed by atoms with Crippen molar-refractivity contribution < 1.29 is 17.9 Å². The van der Waals surface area contributed by atoms with E-state index >= 15 is 0 Å². The molecule has 2 aromatic rings. The fraction of sp³-hybridized carbons (Fsp3) is 0.238. The Balaban J connectivity index is 1.91. The van der Waals surface area contributed by atoms with Crippen LogP contribution in [0.4, 0.5) is 0 Å². The van der Waals surface area contributed by atoms with E-state index in [1.807, 2.05) is 30.3 Å². The quantitative estimate of drug-likeness (QED) is 0.532. The molecule has 0 aliphatic heterocycles. The van der Waals surface area contributed by atoms with Crippen LogP contribution in [0.3, 0.4) is 0 Å². The third-order valence-corrected chi connectivity index (χ3v) is 4.99. The summed E-state index contributed by atoms with van der Waals surface area (Å²) in [5, 5.41) is 0. The number of benzene rings is 2. The molecule has 0 spiro atoms. The Morgan fingerprint density at radius 3 is 2.48 bits per heavy atom. The van der Waals surface area contributed by atoms with E-state index in [-0.39, 0.29) is 18.0 Å². The van der Waals surface area contributed by atoms with E-state index in [0.717, 1.165) is 11.3 Å². The highest BCUT2D eigenvalue weighted by Gasteiger charge is 2.18. The summed E-state index contributed by atoms with van der Waals surface area (Å²) in [5.41, 5.74) is 1.03. The van der Waals surface area contributed by atoms with Crippen LogP contribution >= 0.6 is 0 Å². The zero-order valence-electron chi connectivity index (χ0n) is 15.3. The molecule has 0 aliphatic rings. The average molecular weight is 385 g/mol. The van der Waals surface area contributed by atoms with Crippen LogP contribution in [-0.2, 0) is 16.4 Å². The van der Waals surface area contributed by atoms with Gasteiger partial charge < -0.3 is 9.47 Å². The summed E-state index contributed by atoms with van der Waals surface area (Å²) in [7, 11) is -3.70. The van der Waals surface area contributed by atoms with Crippen LogP contribution in [0.5, 0.6) is 11.5 Å². The molecule has 2 rings (SSSR count). The first-order chi connectivity index (χ1) is 13.1. The maximum absolute atomic E-state index is 12.4. The van der Waals surface area contributed by atoms with Gasteiger partial charge in [0, 0.05) is 0 Å². The van der Waals surface area contributed by atoms with Gasteiger partial charge in [-0.1, -0.05) is 48.2 Å². The topological polar surface area (TPSA) is 64.6 Å². The maximum Gasteiger partial charge on any atom is 0.245 e. The highest BCUT2D eigenvalue weighted by atomic mass is 32.2. The fourth-order valence-electron chi connectivity index (χ4n) is 2.35. The van der Waals surface area contributed by atoms with Crippen LogP contribution in [0.25, 0.3) is 0 Å². The van der Waals surface area contributed by atoms with Gasteiger partial charge in [0.25, 0.3) is 0 Å². The molecule has 142 valence electrons. The monoisotopic (exact) mass is 385 g/mol. The minimum Gasteiger partial charge on any atom is -0.492 e. The average Bonchev–Trinajstić information content (AvgIpc) is 2.66. The number of hydrogen-bond acceptors (Lipinski definition) is 4. The van der Waals surface area contributed by atoms with E-state index in [2.05, 4.69) is 23.1 Å². The van der Waals surface area contributed by atoms with Gasteiger partial charge in [0.05, 0.1) is 13.2 Å². The molecule has 0 radical (unpaired) electrons. The summed E-state index contributed by atoms with van der Waals surface area (Å²) < 4.78 is 38.3. The second kappa shape index (κ2) is 10.4. The molecule has 0 saturated carbocycles. The molecule has 0 aliphatic carbocycles. The molecule has 0 unspecified atom stereocenters. The van der Waals surface area contributed by atoms with Crippen molar-refractivity contribution in [3.63, 3.8) is 0 Å². The van der Waals surface area contributed by atoms with Crippen molar-refractivity contribution in [3.05, 3.63) is 66.7 Å². The zero-order chi connectivity index (χ0) is 19.5. The molecule has 0 fully saturated rings. The summed E-state index contributed by atoms with van der Waals surface area (Å²) in [5.74, 6) is 6.64. The van der Waals surface area contributed by atoms with Crippen LogP contribution in [0, 0.1) is 11.8 Å². The fourth-order valence-corrected chi connectivity index (χ4v) is 3.42. The lowest BCUT2D eigenvalue weighted by Crippen LogP contribution is -2.24. The first-order valence-corrected chi connectivity index (χ1v) is 10.1. The lowest BCUT2D eigenvalue weighted by Gasteiger charge is -2.10. The second-order valence-electron chi connectivity index (χ2n) is 5.45. The first kappa shape index (κ1) is 20.6. The lowest BCUT2D eigenvalue weighted by atomic mass is 10.1. The number of allylic oxidation sites excluding steroid dienone is 1. The summed E-state index contributed by atoms with van der Waals surface area (Å²) >= 11 is 0. The highest BCUT2D eigenvalue weighted by Crippen LogP contribution is 2.22. The van der Waals surface area contributed by atoms with Crippen molar-refractivity contribution in [2.24, 2.45) is 0 Å². The lowest BCUT2D eigenvalue weighted by molar-refractivity contribution is 0.331. The third-order valence-electron chi connectivity index (χ3n) is 3.55. The van der Waals surface area contributed by atoms with Gasteiger partial charge in [-0.25, -0.2) is 8.42 Å². The Morgan fingerprint density at radius 2 is 1.74 bits per heavy atom. The summed E-state index contributed by atoms with van der Waals surface area (Å²) in [6.45, 7) is 6.07. The number of nitrogens with one attached hydrogen (secondary N) is 1. The van der Waals surface area contributed by atoms with E-state index in [1.54, 1.807) is 25.1 Å². The van der Waals surface area contributed by atoms with Crippen molar-refractivity contribution >= 4 is 10.0 Å². The SMILES string of the molecule is C=CCc1ccccc1OCC#CCNS(=O)(=O)c1ccccc1OCC. The van der Waals surface area contributed by atoms with Crippen molar-refractivity contribution in [2.45, 2.75) is 18.2 Å². The molecule has 0 saturated heterocycles. The molecule has 0 atom stereocenters. The van der Waals surface area contributed by atoms with Gasteiger partial charge in [0.2, 0.25) is 10.0 Å². The van der Waals surface area contributed by atoms with Crippen molar-refractivity contribution in [3.8, 4) is 23.3 Å². The Hall–Kier alpha value is -2.75. The number of rotatable bonds is 9. The Morgan fingerprint density at radius 1 is 1.04 bits per heavy atom. The van der Waals surface area contributed by atoms with Crippen molar-refractivity contribution in [1.29, 1.82) is 0 Å². The van der Waals surface area contributed by atoms with E-state index in [1.165, 1.54) is 6.07 Å². The molecule has 0 amide bonds. The van der Waals surface area contributed by atoms with Crippen molar-refractivity contribution in [1.82, 2.24) is 4.72 Å². The van der Waals surface area contributed by atoms with Crippen LogP contribution in [-0.4, -0.2) is 28.2 Å².